The van der Waals surface area contributed by atoms with Crippen molar-refractivity contribution in [3.8, 4) is 5.75 Å². The predicted octanol–water partition coefficient (Wildman–Crippen LogP) is 2.20. The summed E-state index contributed by atoms with van der Waals surface area (Å²) >= 11 is 1.33. The fraction of sp³-hybridized carbons (Fsp3) is 0.471. The van der Waals surface area contributed by atoms with Crippen LogP contribution in [-0.2, 0) is 20.1 Å². The second-order valence-corrected chi connectivity index (χ2v) is 6.09. The number of rotatable bonds is 9. The Morgan fingerprint density at radius 1 is 1.29 bits per heavy atom. The van der Waals surface area contributed by atoms with Gasteiger partial charge in [-0.2, -0.15) is 0 Å². The molecule has 1 atom stereocenters. The summed E-state index contributed by atoms with van der Waals surface area (Å²) in [6.45, 7) is 5.32. The van der Waals surface area contributed by atoms with Crippen molar-refractivity contribution in [2.24, 2.45) is 0 Å². The summed E-state index contributed by atoms with van der Waals surface area (Å²) in [7, 11) is 1.55. The van der Waals surface area contributed by atoms with Crippen LogP contribution in [0.4, 0.5) is 0 Å². The maximum Gasteiger partial charge on any atom is 0.316 e. The molecular weight excluding hydrogens is 330 g/mol. The van der Waals surface area contributed by atoms with Crippen molar-refractivity contribution in [3.63, 3.8) is 0 Å². The molecule has 0 aromatic heterocycles. The summed E-state index contributed by atoms with van der Waals surface area (Å²) in [5, 5.41) is 2.59. The number of nitrogens with one attached hydrogen (secondary N) is 1. The van der Waals surface area contributed by atoms with Gasteiger partial charge in [-0.15, -0.1) is 11.8 Å². The average molecular weight is 353 g/mol. The molecule has 1 amide bonds. The van der Waals surface area contributed by atoms with Gasteiger partial charge in [0.25, 0.3) is 5.91 Å². The molecule has 0 bridgehead atoms. The van der Waals surface area contributed by atoms with Gasteiger partial charge in [0.2, 0.25) is 0 Å². The van der Waals surface area contributed by atoms with Crippen LogP contribution in [0.5, 0.6) is 5.75 Å². The Morgan fingerprint density at radius 2 is 2.00 bits per heavy atom. The van der Waals surface area contributed by atoms with E-state index in [-0.39, 0.29) is 17.4 Å². The summed E-state index contributed by atoms with van der Waals surface area (Å²) in [6.07, 6.45) is -0.811. The number of esters is 1. The molecule has 0 radical (unpaired) electrons. The second-order valence-electron chi connectivity index (χ2n) is 5.10. The Labute approximate surface area is 146 Å². The number of ether oxygens (including phenoxy) is 2. The molecule has 132 valence electrons. The number of hydrogen-bond acceptors (Lipinski definition) is 6. The zero-order valence-corrected chi connectivity index (χ0v) is 15.2. The highest BCUT2D eigenvalue weighted by molar-refractivity contribution is 7.99. The van der Waals surface area contributed by atoms with Crippen LogP contribution in [0.2, 0.25) is 0 Å². The van der Waals surface area contributed by atoms with E-state index in [1.54, 1.807) is 32.2 Å². The van der Waals surface area contributed by atoms with E-state index in [4.69, 9.17) is 9.47 Å². The van der Waals surface area contributed by atoms with Crippen LogP contribution < -0.4 is 10.1 Å². The van der Waals surface area contributed by atoms with Crippen LogP contribution >= 0.6 is 11.8 Å². The minimum atomic E-state index is -0.811. The van der Waals surface area contributed by atoms with Crippen LogP contribution in [0.1, 0.15) is 36.7 Å². The van der Waals surface area contributed by atoms with Gasteiger partial charge in [0.15, 0.2) is 11.9 Å². The van der Waals surface area contributed by atoms with E-state index in [0.29, 0.717) is 23.6 Å². The van der Waals surface area contributed by atoms with Crippen molar-refractivity contribution in [1.29, 1.82) is 0 Å². The Balaban J connectivity index is 2.55. The molecule has 7 heteroatoms. The van der Waals surface area contributed by atoms with Crippen LogP contribution in [0, 0.1) is 0 Å². The SMILES string of the molecule is CCNC(=O)[C@H](C)OC(=O)CSCc1cc(C(C)=O)ccc1OC. The molecule has 6 nitrogen and oxygen atoms in total. The highest BCUT2D eigenvalue weighted by Crippen LogP contribution is 2.25. The first kappa shape index (κ1) is 20.0. The number of methoxy groups -OCH3 is 1. The van der Waals surface area contributed by atoms with Crippen LogP contribution in [0.15, 0.2) is 18.2 Å². The zero-order chi connectivity index (χ0) is 18.1. The lowest BCUT2D eigenvalue weighted by atomic mass is 10.1. The molecule has 0 aliphatic rings. The number of benzene rings is 1. The van der Waals surface area contributed by atoms with E-state index in [9.17, 15) is 14.4 Å². The van der Waals surface area contributed by atoms with Gasteiger partial charge in [-0.25, -0.2) is 0 Å². The van der Waals surface area contributed by atoms with Gasteiger partial charge in [0, 0.05) is 23.4 Å². The fourth-order valence-electron chi connectivity index (χ4n) is 1.96. The second kappa shape index (κ2) is 9.97. The standard InChI is InChI=1S/C17H23NO5S/c1-5-18-17(21)12(3)23-16(20)10-24-9-14-8-13(11(2)19)6-7-15(14)22-4/h6-8,12H,5,9-10H2,1-4H3,(H,18,21)/t12-/m0/s1. The van der Waals surface area contributed by atoms with Crippen molar-refractivity contribution in [1.82, 2.24) is 5.32 Å². The Kier molecular flexibility index (Phi) is 8.32. The van der Waals surface area contributed by atoms with Gasteiger partial charge in [0.05, 0.1) is 12.9 Å². The third-order valence-electron chi connectivity index (χ3n) is 3.19. The van der Waals surface area contributed by atoms with Crippen LogP contribution in [-0.4, -0.2) is 43.2 Å². The first-order valence-electron chi connectivity index (χ1n) is 7.61. The summed E-state index contributed by atoms with van der Waals surface area (Å²) in [4.78, 5) is 34.7. The van der Waals surface area contributed by atoms with E-state index in [1.165, 1.54) is 25.6 Å². The van der Waals surface area contributed by atoms with E-state index in [0.717, 1.165) is 5.56 Å². The first-order valence-corrected chi connectivity index (χ1v) is 8.77. The lowest BCUT2D eigenvalue weighted by Crippen LogP contribution is -2.35. The molecule has 0 unspecified atom stereocenters. The summed E-state index contributed by atoms with van der Waals surface area (Å²) < 4.78 is 10.3. The van der Waals surface area contributed by atoms with Crippen molar-refractivity contribution in [2.45, 2.75) is 32.6 Å². The van der Waals surface area contributed by atoms with Crippen molar-refractivity contribution in [2.75, 3.05) is 19.4 Å². The smallest absolute Gasteiger partial charge is 0.316 e. The molecule has 0 saturated carbocycles. The molecule has 0 aliphatic carbocycles. The topological polar surface area (TPSA) is 81.7 Å². The number of hydrogen-bond donors (Lipinski definition) is 1. The normalized spacial score (nSPS) is 11.5. The van der Waals surface area contributed by atoms with E-state index < -0.39 is 12.1 Å². The Morgan fingerprint density at radius 3 is 2.58 bits per heavy atom. The number of carbonyl (C=O) groups is 3. The number of carbonyl (C=O) groups excluding carboxylic acids is 3. The molecule has 0 saturated heterocycles. The minimum absolute atomic E-state index is 0.0286. The van der Waals surface area contributed by atoms with E-state index >= 15 is 0 Å². The number of Topliss-reactive ketones (excluding diaryl/α,β-unsaturated/α-hetero) is 1. The summed E-state index contributed by atoms with van der Waals surface area (Å²) in [5.74, 6) is 0.467. The van der Waals surface area contributed by atoms with Gasteiger partial charge in [0.1, 0.15) is 5.75 Å². The molecule has 1 aromatic carbocycles. The van der Waals surface area contributed by atoms with Crippen molar-refractivity contribution < 1.29 is 23.9 Å². The molecule has 0 heterocycles. The van der Waals surface area contributed by atoms with E-state index in [1.807, 2.05) is 0 Å². The number of thioether (sulfide) groups is 1. The number of amides is 1. The van der Waals surface area contributed by atoms with Crippen molar-refractivity contribution in [3.05, 3.63) is 29.3 Å². The quantitative estimate of drug-likeness (QED) is 0.541. The van der Waals surface area contributed by atoms with Crippen molar-refractivity contribution >= 4 is 29.4 Å². The third kappa shape index (κ3) is 6.23. The van der Waals surface area contributed by atoms with Gasteiger partial charge in [-0.3, -0.25) is 14.4 Å². The molecule has 0 spiro atoms. The molecule has 0 aliphatic heterocycles. The predicted molar refractivity (Wildman–Crippen MR) is 93.4 cm³/mol. The van der Waals surface area contributed by atoms with Gasteiger partial charge < -0.3 is 14.8 Å². The minimum Gasteiger partial charge on any atom is -0.496 e. The third-order valence-corrected chi connectivity index (χ3v) is 4.15. The Bertz CT molecular complexity index is 603. The molecule has 0 fully saturated rings. The number of likely N-dealkylation sites (N-methyl/N-ethyl adjacent to an activating group) is 1. The lowest BCUT2D eigenvalue weighted by Gasteiger charge is -2.13. The van der Waals surface area contributed by atoms with Gasteiger partial charge >= 0.3 is 5.97 Å². The monoisotopic (exact) mass is 353 g/mol. The van der Waals surface area contributed by atoms with Crippen LogP contribution in [0.25, 0.3) is 0 Å². The van der Waals surface area contributed by atoms with Crippen LogP contribution in [0.3, 0.4) is 0 Å². The first-order chi connectivity index (χ1) is 11.4. The highest BCUT2D eigenvalue weighted by Gasteiger charge is 2.17. The highest BCUT2D eigenvalue weighted by atomic mass is 32.2. The number of ketones is 1. The zero-order valence-electron chi connectivity index (χ0n) is 14.4. The largest absolute Gasteiger partial charge is 0.496 e. The molecule has 24 heavy (non-hydrogen) atoms. The molecule has 1 rings (SSSR count). The lowest BCUT2D eigenvalue weighted by molar-refractivity contribution is -0.152. The molecule has 1 N–H and O–H groups in total. The van der Waals surface area contributed by atoms with Gasteiger partial charge in [-0.05, 0) is 39.0 Å². The average Bonchev–Trinajstić information content (AvgIpc) is 2.54. The summed E-state index contributed by atoms with van der Waals surface area (Å²) in [5.41, 5.74) is 1.43. The maximum atomic E-state index is 11.8. The summed E-state index contributed by atoms with van der Waals surface area (Å²) in [6, 6.07) is 5.20. The molecular formula is C17H23NO5S. The Hall–Kier alpha value is -2.02. The van der Waals surface area contributed by atoms with Gasteiger partial charge in [-0.1, -0.05) is 0 Å². The van der Waals surface area contributed by atoms with E-state index in [2.05, 4.69) is 5.32 Å². The maximum absolute atomic E-state index is 11.8. The molecule has 1 aromatic rings. The fourth-order valence-corrected chi connectivity index (χ4v) is 2.74.